The number of hydrogen-bond acceptors (Lipinski definition) is 6. The second-order valence-corrected chi connectivity index (χ2v) is 5.15. The van der Waals surface area contributed by atoms with Gasteiger partial charge in [0.15, 0.2) is 0 Å². The van der Waals surface area contributed by atoms with Crippen LogP contribution in [-0.2, 0) is 28.5 Å². The van der Waals surface area contributed by atoms with Crippen LogP contribution in [-0.4, -0.2) is 56.7 Å². The van der Waals surface area contributed by atoms with Crippen molar-refractivity contribution in [2.24, 2.45) is 5.92 Å². The van der Waals surface area contributed by atoms with Gasteiger partial charge in [0.2, 0.25) is 0 Å². The third kappa shape index (κ3) is 15.2. The van der Waals surface area contributed by atoms with E-state index in [2.05, 4.69) is 20.4 Å². The van der Waals surface area contributed by atoms with Gasteiger partial charge in [-0.15, -0.1) is 0 Å². The maximum atomic E-state index is 11.5. The Morgan fingerprint density at radius 2 is 1.61 bits per heavy atom. The van der Waals surface area contributed by atoms with Crippen LogP contribution in [0.25, 0.3) is 0 Å². The van der Waals surface area contributed by atoms with E-state index in [0.29, 0.717) is 37.9 Å². The van der Waals surface area contributed by atoms with Crippen molar-refractivity contribution in [3.8, 4) is 0 Å². The molecule has 0 aromatic heterocycles. The predicted molar refractivity (Wildman–Crippen MR) is 84.0 cm³/mol. The van der Waals surface area contributed by atoms with E-state index in [1.165, 1.54) is 0 Å². The van der Waals surface area contributed by atoms with Crippen LogP contribution in [0.2, 0.25) is 0 Å². The number of aliphatic carboxylic acids is 1. The average molecular weight is 332 g/mol. The molecule has 23 heavy (non-hydrogen) atoms. The van der Waals surface area contributed by atoms with E-state index in [4.69, 9.17) is 24.1 Å². The molecular weight excluding hydrogens is 304 g/mol. The maximum absolute atomic E-state index is 11.5. The first kappa shape index (κ1) is 21.6. The van der Waals surface area contributed by atoms with E-state index in [1.807, 2.05) is 0 Å². The molecule has 1 atom stereocenters. The molecule has 0 saturated heterocycles. The van der Waals surface area contributed by atoms with Crippen molar-refractivity contribution >= 4 is 11.9 Å². The summed E-state index contributed by atoms with van der Waals surface area (Å²) in [5.41, 5.74) is 0. The first-order valence-electron chi connectivity index (χ1n) is 7.79. The van der Waals surface area contributed by atoms with Crippen LogP contribution < -0.4 is 0 Å². The summed E-state index contributed by atoms with van der Waals surface area (Å²) >= 11 is 0. The highest BCUT2D eigenvalue weighted by atomic mass is 16.6. The first-order chi connectivity index (χ1) is 11.0. The van der Waals surface area contributed by atoms with Crippen LogP contribution in [0.5, 0.6) is 0 Å². The number of rotatable bonds is 15. The van der Waals surface area contributed by atoms with Crippen molar-refractivity contribution in [1.29, 1.82) is 0 Å². The highest BCUT2D eigenvalue weighted by Crippen LogP contribution is 2.14. The van der Waals surface area contributed by atoms with E-state index in [-0.39, 0.29) is 32.2 Å². The summed E-state index contributed by atoms with van der Waals surface area (Å²) in [5.74, 6) is -0.412. The van der Waals surface area contributed by atoms with Gasteiger partial charge in [0.1, 0.15) is 12.4 Å². The van der Waals surface area contributed by atoms with E-state index < -0.39 is 5.97 Å². The molecule has 0 fully saturated rings. The molecule has 0 aliphatic heterocycles. The summed E-state index contributed by atoms with van der Waals surface area (Å²) in [5, 5.41) is 8.34. The van der Waals surface area contributed by atoms with Gasteiger partial charge in [-0.3, -0.25) is 4.79 Å². The predicted octanol–water partition coefficient (Wildman–Crippen LogP) is 2.00. The van der Waals surface area contributed by atoms with Gasteiger partial charge in [0, 0.05) is 6.42 Å². The summed E-state index contributed by atoms with van der Waals surface area (Å²) < 4.78 is 20.3. The standard InChI is InChI=1S/C16H28O7/c1-4-13(2)11-14(3)23-16(19)5-6-20-7-8-21-9-10-22-12-15(17)18/h13H,3-12H2,1-2H3,(H,17,18). The molecule has 1 N–H and O–H groups in total. The molecule has 0 aromatic carbocycles. The Hall–Kier alpha value is -1.44. The summed E-state index contributed by atoms with van der Waals surface area (Å²) in [6.07, 6.45) is 1.86. The lowest BCUT2D eigenvalue weighted by atomic mass is 10.0. The number of hydrogen-bond donors (Lipinski definition) is 1. The van der Waals surface area contributed by atoms with Crippen molar-refractivity contribution in [2.45, 2.75) is 33.1 Å². The normalized spacial score (nSPS) is 11.9. The lowest BCUT2D eigenvalue weighted by molar-refractivity contribution is -0.143. The zero-order chi connectivity index (χ0) is 17.5. The Morgan fingerprint density at radius 1 is 1.04 bits per heavy atom. The molecule has 7 heteroatoms. The SMILES string of the molecule is C=C(CC(C)CC)OC(=O)CCOCCOCCOCC(=O)O. The van der Waals surface area contributed by atoms with Crippen molar-refractivity contribution in [3.05, 3.63) is 12.3 Å². The molecule has 0 amide bonds. The summed E-state index contributed by atoms with van der Waals surface area (Å²) in [7, 11) is 0. The van der Waals surface area contributed by atoms with Gasteiger partial charge in [0.25, 0.3) is 0 Å². The van der Waals surface area contributed by atoms with Crippen molar-refractivity contribution < 1.29 is 33.6 Å². The van der Waals surface area contributed by atoms with Crippen LogP contribution in [0, 0.1) is 5.92 Å². The topological polar surface area (TPSA) is 91.3 Å². The smallest absolute Gasteiger partial charge is 0.329 e. The fourth-order valence-electron chi connectivity index (χ4n) is 1.54. The minimum absolute atomic E-state index is 0.168. The van der Waals surface area contributed by atoms with Crippen LogP contribution in [0.3, 0.4) is 0 Å². The van der Waals surface area contributed by atoms with E-state index in [1.54, 1.807) is 0 Å². The third-order valence-electron chi connectivity index (χ3n) is 2.95. The number of carboxylic acid groups (broad SMARTS) is 1. The van der Waals surface area contributed by atoms with Crippen molar-refractivity contribution in [1.82, 2.24) is 0 Å². The monoisotopic (exact) mass is 332 g/mol. The van der Waals surface area contributed by atoms with E-state index >= 15 is 0 Å². The second-order valence-electron chi connectivity index (χ2n) is 5.15. The Morgan fingerprint density at radius 3 is 2.17 bits per heavy atom. The Bertz CT molecular complexity index is 354. The minimum Gasteiger partial charge on any atom is -0.480 e. The van der Waals surface area contributed by atoms with Crippen LogP contribution in [0.4, 0.5) is 0 Å². The van der Waals surface area contributed by atoms with Gasteiger partial charge in [0.05, 0.1) is 39.5 Å². The number of carboxylic acids is 1. The first-order valence-corrected chi connectivity index (χ1v) is 7.79. The molecular formula is C16H28O7. The number of allylic oxidation sites excluding steroid dienone is 1. The molecule has 7 nitrogen and oxygen atoms in total. The quantitative estimate of drug-likeness (QED) is 0.278. The fraction of sp³-hybridized carbons (Fsp3) is 0.750. The molecule has 0 bridgehead atoms. The van der Waals surface area contributed by atoms with Crippen molar-refractivity contribution in [3.63, 3.8) is 0 Å². The van der Waals surface area contributed by atoms with E-state index in [9.17, 15) is 9.59 Å². The molecule has 1 unspecified atom stereocenters. The number of carbonyl (C=O) groups excluding carboxylic acids is 1. The lowest BCUT2D eigenvalue weighted by Gasteiger charge is -2.11. The highest BCUT2D eigenvalue weighted by molar-refractivity contribution is 5.70. The van der Waals surface area contributed by atoms with Crippen LogP contribution >= 0.6 is 0 Å². The molecule has 0 rings (SSSR count). The fourth-order valence-corrected chi connectivity index (χ4v) is 1.54. The molecule has 0 heterocycles. The minimum atomic E-state index is -1.01. The summed E-state index contributed by atoms with van der Waals surface area (Å²) in [4.78, 5) is 21.7. The summed E-state index contributed by atoms with van der Waals surface area (Å²) in [6, 6.07) is 0. The molecule has 0 aliphatic carbocycles. The maximum Gasteiger partial charge on any atom is 0.329 e. The second kappa shape index (κ2) is 14.2. The Labute approximate surface area is 137 Å². The number of ether oxygens (including phenoxy) is 4. The molecule has 0 radical (unpaired) electrons. The molecule has 0 spiro atoms. The van der Waals surface area contributed by atoms with Crippen molar-refractivity contribution in [2.75, 3.05) is 39.6 Å². The van der Waals surface area contributed by atoms with Gasteiger partial charge in [-0.25, -0.2) is 4.79 Å². The number of carbonyl (C=O) groups is 2. The van der Waals surface area contributed by atoms with Gasteiger partial charge in [-0.05, 0) is 5.92 Å². The zero-order valence-corrected chi connectivity index (χ0v) is 14.0. The highest BCUT2D eigenvalue weighted by Gasteiger charge is 2.08. The van der Waals surface area contributed by atoms with E-state index in [0.717, 1.165) is 6.42 Å². The average Bonchev–Trinajstić information content (AvgIpc) is 2.48. The Kier molecular flexibility index (Phi) is 13.3. The van der Waals surface area contributed by atoms with Gasteiger partial charge in [-0.2, -0.15) is 0 Å². The van der Waals surface area contributed by atoms with Gasteiger partial charge in [-0.1, -0.05) is 26.8 Å². The lowest BCUT2D eigenvalue weighted by Crippen LogP contribution is -2.14. The Balaban J connectivity index is 3.39. The molecule has 134 valence electrons. The largest absolute Gasteiger partial charge is 0.480 e. The third-order valence-corrected chi connectivity index (χ3v) is 2.95. The molecule has 0 saturated carbocycles. The molecule has 0 aliphatic rings. The van der Waals surface area contributed by atoms with Crippen LogP contribution in [0.1, 0.15) is 33.1 Å². The summed E-state index contributed by atoms with van der Waals surface area (Å²) in [6.45, 7) is 9.04. The molecule has 0 aromatic rings. The number of esters is 1. The van der Waals surface area contributed by atoms with Gasteiger partial charge < -0.3 is 24.1 Å². The zero-order valence-electron chi connectivity index (χ0n) is 14.0. The van der Waals surface area contributed by atoms with Gasteiger partial charge >= 0.3 is 11.9 Å². The van der Waals surface area contributed by atoms with Crippen LogP contribution in [0.15, 0.2) is 12.3 Å².